The minimum atomic E-state index is 1.25. The number of hydrogen-bond donors (Lipinski definition) is 0. The van der Waals surface area contributed by atoms with Gasteiger partial charge >= 0.3 is 0 Å². The highest BCUT2D eigenvalue weighted by Crippen LogP contribution is 2.52. The fourth-order valence-electron chi connectivity index (χ4n) is 7.90. The summed E-state index contributed by atoms with van der Waals surface area (Å²) in [6.45, 7) is 0. The van der Waals surface area contributed by atoms with Gasteiger partial charge < -0.3 is 0 Å². The predicted molar refractivity (Wildman–Crippen MR) is 202 cm³/mol. The normalized spacial score (nSPS) is 12.2. The first kappa shape index (κ1) is 26.6. The highest BCUT2D eigenvalue weighted by molar-refractivity contribution is 7.99. The highest BCUT2D eigenvalue weighted by atomic mass is 32.2. The molecule has 0 saturated carbocycles. The Morgan fingerprint density at radius 3 is 1.47 bits per heavy atom. The quantitative estimate of drug-likeness (QED) is 0.179. The van der Waals surface area contributed by atoms with Gasteiger partial charge in [0.05, 0.1) is 0 Å². The van der Waals surface area contributed by atoms with Crippen LogP contribution >= 0.6 is 11.8 Å². The molecule has 1 aliphatic rings. The third kappa shape index (κ3) is 3.97. The third-order valence-electron chi connectivity index (χ3n) is 9.88. The molecule has 0 amide bonds. The third-order valence-corrected chi connectivity index (χ3v) is 11.0. The number of fused-ring (bicyclic) bond motifs is 5. The van der Waals surface area contributed by atoms with Crippen molar-refractivity contribution in [3.8, 4) is 44.5 Å². The van der Waals surface area contributed by atoms with Crippen LogP contribution in [-0.2, 0) is 0 Å². The van der Waals surface area contributed by atoms with E-state index in [1.807, 2.05) is 11.8 Å². The average Bonchev–Trinajstić information content (AvgIpc) is 3.14. The SMILES string of the molecule is c1ccc2c(c1)Sc1cccc3c(-c4c5ccccc5c(-c5ccccc5-c5cccc6ccccc56)c5ccccc45)ccc-2c13. The summed E-state index contributed by atoms with van der Waals surface area (Å²) in [5.74, 6) is 0. The lowest BCUT2D eigenvalue weighted by atomic mass is 9.82. The molecule has 10 rings (SSSR count). The van der Waals surface area contributed by atoms with E-state index in [2.05, 4.69) is 170 Å². The Hall–Kier alpha value is -5.63. The van der Waals surface area contributed by atoms with Crippen LogP contribution in [0.3, 0.4) is 0 Å². The minimum absolute atomic E-state index is 1.25. The van der Waals surface area contributed by atoms with E-state index in [1.54, 1.807) is 0 Å². The first-order chi connectivity index (χ1) is 23.3. The summed E-state index contributed by atoms with van der Waals surface area (Å²) in [6, 6.07) is 62.7. The van der Waals surface area contributed by atoms with Crippen molar-refractivity contribution in [2.75, 3.05) is 0 Å². The summed E-state index contributed by atoms with van der Waals surface area (Å²) >= 11 is 1.89. The van der Waals surface area contributed by atoms with Gasteiger partial charge in [0.15, 0.2) is 0 Å². The van der Waals surface area contributed by atoms with Crippen molar-refractivity contribution in [2.45, 2.75) is 9.79 Å². The second-order valence-corrected chi connectivity index (χ2v) is 13.4. The first-order valence-corrected chi connectivity index (χ1v) is 17.0. The van der Waals surface area contributed by atoms with Crippen LogP contribution in [-0.4, -0.2) is 0 Å². The van der Waals surface area contributed by atoms with Gasteiger partial charge in [-0.05, 0) is 94.3 Å². The van der Waals surface area contributed by atoms with Crippen LogP contribution in [0.15, 0.2) is 180 Å². The molecular weight excluding hydrogens is 585 g/mol. The fraction of sp³-hybridized carbons (Fsp3) is 0. The molecule has 0 nitrogen and oxygen atoms in total. The van der Waals surface area contributed by atoms with Crippen molar-refractivity contribution >= 4 is 54.9 Å². The molecule has 218 valence electrons. The van der Waals surface area contributed by atoms with Gasteiger partial charge in [0.25, 0.3) is 0 Å². The van der Waals surface area contributed by atoms with Gasteiger partial charge in [-0.1, -0.05) is 169 Å². The van der Waals surface area contributed by atoms with E-state index in [-0.39, 0.29) is 0 Å². The van der Waals surface area contributed by atoms with Crippen LogP contribution in [0.1, 0.15) is 0 Å². The Balaban J connectivity index is 1.31. The van der Waals surface area contributed by atoms with Crippen LogP contribution in [0, 0.1) is 0 Å². The molecule has 0 atom stereocenters. The zero-order chi connectivity index (χ0) is 30.9. The van der Waals surface area contributed by atoms with Crippen LogP contribution in [0.4, 0.5) is 0 Å². The molecule has 0 fully saturated rings. The molecule has 0 unspecified atom stereocenters. The zero-order valence-corrected chi connectivity index (χ0v) is 26.4. The van der Waals surface area contributed by atoms with E-state index in [0.29, 0.717) is 0 Å². The molecule has 0 saturated heterocycles. The molecule has 9 aromatic rings. The lowest BCUT2D eigenvalue weighted by molar-refractivity contribution is 1.40. The summed E-state index contributed by atoms with van der Waals surface area (Å²) in [7, 11) is 0. The minimum Gasteiger partial charge on any atom is -0.0888 e. The smallest absolute Gasteiger partial charge is 0.0207 e. The van der Waals surface area contributed by atoms with E-state index >= 15 is 0 Å². The number of benzene rings is 9. The maximum Gasteiger partial charge on any atom is 0.0207 e. The van der Waals surface area contributed by atoms with E-state index in [9.17, 15) is 0 Å². The Kier molecular flexibility index (Phi) is 5.91. The highest BCUT2D eigenvalue weighted by Gasteiger charge is 2.24. The number of rotatable bonds is 3. The fourth-order valence-corrected chi connectivity index (χ4v) is 9.04. The van der Waals surface area contributed by atoms with E-state index in [0.717, 1.165) is 0 Å². The molecule has 9 aromatic carbocycles. The molecular formula is C46H28S. The largest absolute Gasteiger partial charge is 0.0888 e. The van der Waals surface area contributed by atoms with Crippen LogP contribution in [0.2, 0.25) is 0 Å². The molecule has 0 N–H and O–H groups in total. The maximum absolute atomic E-state index is 2.37. The molecule has 0 aliphatic carbocycles. The first-order valence-electron chi connectivity index (χ1n) is 16.2. The van der Waals surface area contributed by atoms with Crippen molar-refractivity contribution in [1.29, 1.82) is 0 Å². The van der Waals surface area contributed by atoms with Crippen molar-refractivity contribution in [3.63, 3.8) is 0 Å². The van der Waals surface area contributed by atoms with Crippen molar-refractivity contribution < 1.29 is 0 Å². The second-order valence-electron chi connectivity index (χ2n) is 12.4. The molecule has 0 aromatic heterocycles. The second kappa shape index (κ2) is 10.5. The lowest BCUT2D eigenvalue weighted by Crippen LogP contribution is -1.96. The molecule has 1 heterocycles. The lowest BCUT2D eigenvalue weighted by Gasteiger charge is -2.24. The predicted octanol–water partition coefficient (Wildman–Crippen LogP) is 13.4. The van der Waals surface area contributed by atoms with Gasteiger partial charge in [-0.15, -0.1) is 0 Å². The summed E-state index contributed by atoms with van der Waals surface area (Å²) in [5, 5.41) is 10.3. The van der Waals surface area contributed by atoms with Gasteiger partial charge in [-0.25, -0.2) is 0 Å². The molecule has 0 spiro atoms. The summed E-state index contributed by atoms with van der Waals surface area (Å²) in [4.78, 5) is 2.65. The van der Waals surface area contributed by atoms with Gasteiger partial charge in [-0.2, -0.15) is 0 Å². The van der Waals surface area contributed by atoms with Gasteiger partial charge in [0, 0.05) is 15.2 Å². The van der Waals surface area contributed by atoms with E-state index in [4.69, 9.17) is 0 Å². The standard InChI is InChI=1S/C46H28S/c1-2-15-30-29(13-1)14-11-23-31(30)32-16-3-4-18-34(32)44-35-19-5-7-21-37(35)45(38-22-8-6-20-36(38)44)41-28-27-40-33-17-9-10-25-42(33)47-43-26-12-24-39(41)46(40)43/h1-28H. The van der Waals surface area contributed by atoms with Crippen molar-refractivity contribution in [1.82, 2.24) is 0 Å². The Labute approximate surface area is 278 Å². The molecule has 0 radical (unpaired) electrons. The molecule has 0 bridgehead atoms. The van der Waals surface area contributed by atoms with Gasteiger partial charge in [-0.3, -0.25) is 0 Å². The van der Waals surface area contributed by atoms with Gasteiger partial charge in [0.2, 0.25) is 0 Å². The summed E-state index contributed by atoms with van der Waals surface area (Å²) in [6.07, 6.45) is 0. The van der Waals surface area contributed by atoms with Crippen molar-refractivity contribution in [3.05, 3.63) is 170 Å². The van der Waals surface area contributed by atoms with Crippen molar-refractivity contribution in [2.24, 2.45) is 0 Å². The van der Waals surface area contributed by atoms with Gasteiger partial charge in [0.1, 0.15) is 0 Å². The summed E-state index contributed by atoms with van der Waals surface area (Å²) in [5.41, 5.74) is 10.3. The Morgan fingerprint density at radius 1 is 0.255 bits per heavy atom. The van der Waals surface area contributed by atoms with Crippen LogP contribution in [0.25, 0.3) is 87.6 Å². The zero-order valence-electron chi connectivity index (χ0n) is 25.6. The average molecular weight is 613 g/mol. The monoisotopic (exact) mass is 612 g/mol. The molecule has 1 aliphatic heterocycles. The molecule has 47 heavy (non-hydrogen) atoms. The van der Waals surface area contributed by atoms with Crippen LogP contribution < -0.4 is 0 Å². The summed E-state index contributed by atoms with van der Waals surface area (Å²) < 4.78 is 0. The topological polar surface area (TPSA) is 0 Å². The Morgan fingerprint density at radius 2 is 0.723 bits per heavy atom. The van der Waals surface area contributed by atoms with Crippen LogP contribution in [0.5, 0.6) is 0 Å². The number of hydrogen-bond acceptors (Lipinski definition) is 1. The van der Waals surface area contributed by atoms with E-state index in [1.165, 1.54) is 97.4 Å². The molecule has 1 heteroatoms. The van der Waals surface area contributed by atoms with E-state index < -0.39 is 0 Å². The maximum atomic E-state index is 2.37. The Bertz CT molecular complexity index is 2650.